The molecule has 1 N–H and O–H groups in total. The highest BCUT2D eigenvalue weighted by atomic mass is 16.3. The van der Waals surface area contributed by atoms with Crippen LogP contribution in [0, 0.1) is 18.3 Å². The van der Waals surface area contributed by atoms with Crippen LogP contribution in [0.3, 0.4) is 0 Å². The summed E-state index contributed by atoms with van der Waals surface area (Å²) in [5, 5.41) is 18.2. The smallest absolute Gasteiger partial charge is 0.255 e. The number of carbonyl (C=O) groups is 1. The maximum absolute atomic E-state index is 12.0. The van der Waals surface area contributed by atoms with Crippen LogP contribution < -0.4 is 0 Å². The summed E-state index contributed by atoms with van der Waals surface area (Å²) in [5.41, 5.74) is 0.953. The van der Waals surface area contributed by atoms with Crippen LogP contribution in [0.2, 0.25) is 0 Å². The van der Waals surface area contributed by atoms with Crippen molar-refractivity contribution in [3.63, 3.8) is 0 Å². The minimum Gasteiger partial charge on any atom is -0.508 e. The SMILES string of the molecule is Cc1c(O)cccc1C(=O)N(C)C(C)C#N. The van der Waals surface area contributed by atoms with Crippen LogP contribution in [0.15, 0.2) is 18.2 Å². The molecule has 0 heterocycles. The average molecular weight is 218 g/mol. The fraction of sp³-hybridized carbons (Fsp3) is 0.333. The third-order valence-corrected chi connectivity index (χ3v) is 2.62. The molecule has 0 aliphatic rings. The van der Waals surface area contributed by atoms with E-state index in [1.807, 2.05) is 6.07 Å². The second-order valence-corrected chi connectivity index (χ2v) is 3.67. The molecule has 0 aliphatic heterocycles. The lowest BCUT2D eigenvalue weighted by Crippen LogP contribution is -2.34. The number of benzene rings is 1. The zero-order valence-electron chi connectivity index (χ0n) is 9.56. The molecular formula is C12H14N2O2. The Balaban J connectivity index is 3.07. The van der Waals surface area contributed by atoms with Gasteiger partial charge in [-0.15, -0.1) is 0 Å². The maximum Gasteiger partial charge on any atom is 0.255 e. The first-order valence-corrected chi connectivity index (χ1v) is 4.94. The van der Waals surface area contributed by atoms with E-state index in [0.29, 0.717) is 11.1 Å². The lowest BCUT2D eigenvalue weighted by molar-refractivity contribution is 0.0772. The highest BCUT2D eigenvalue weighted by molar-refractivity contribution is 5.96. The molecule has 1 atom stereocenters. The van der Waals surface area contributed by atoms with Gasteiger partial charge in [0.15, 0.2) is 0 Å². The van der Waals surface area contributed by atoms with E-state index in [-0.39, 0.29) is 11.7 Å². The van der Waals surface area contributed by atoms with E-state index in [1.165, 1.54) is 11.0 Å². The summed E-state index contributed by atoms with van der Waals surface area (Å²) in [4.78, 5) is 13.3. The number of aromatic hydroxyl groups is 1. The molecule has 1 aromatic carbocycles. The molecule has 1 rings (SSSR count). The average Bonchev–Trinajstić information content (AvgIpc) is 2.29. The van der Waals surface area contributed by atoms with Crippen LogP contribution in [0.1, 0.15) is 22.8 Å². The van der Waals surface area contributed by atoms with Crippen molar-refractivity contribution < 1.29 is 9.90 Å². The molecule has 4 heteroatoms. The van der Waals surface area contributed by atoms with Gasteiger partial charge < -0.3 is 10.0 Å². The predicted molar refractivity (Wildman–Crippen MR) is 60.0 cm³/mol. The Morgan fingerprint density at radius 3 is 2.75 bits per heavy atom. The Morgan fingerprint density at radius 1 is 1.56 bits per heavy atom. The number of rotatable bonds is 2. The number of hydrogen-bond acceptors (Lipinski definition) is 3. The maximum atomic E-state index is 12.0. The fourth-order valence-electron chi connectivity index (χ4n) is 1.31. The van der Waals surface area contributed by atoms with Gasteiger partial charge in [0.1, 0.15) is 11.8 Å². The first-order valence-electron chi connectivity index (χ1n) is 4.94. The highest BCUT2D eigenvalue weighted by Gasteiger charge is 2.19. The summed E-state index contributed by atoms with van der Waals surface area (Å²) in [6, 6.07) is 6.28. The van der Waals surface area contributed by atoms with Crippen LogP contribution in [0.25, 0.3) is 0 Å². The van der Waals surface area contributed by atoms with Gasteiger partial charge in [-0.1, -0.05) is 6.07 Å². The summed E-state index contributed by atoms with van der Waals surface area (Å²) < 4.78 is 0. The number of amides is 1. The standard InChI is InChI=1S/C12H14N2O2/c1-8(7-13)14(3)12(16)10-5-4-6-11(15)9(10)2/h4-6,8,15H,1-3H3. The van der Waals surface area contributed by atoms with Crippen LogP contribution in [-0.4, -0.2) is 29.0 Å². The zero-order chi connectivity index (χ0) is 12.3. The van der Waals surface area contributed by atoms with Gasteiger partial charge in [-0.3, -0.25) is 4.79 Å². The Hall–Kier alpha value is -2.02. The summed E-state index contributed by atoms with van der Waals surface area (Å²) in [5.74, 6) is -0.175. The van der Waals surface area contributed by atoms with Gasteiger partial charge in [-0.25, -0.2) is 0 Å². The molecule has 4 nitrogen and oxygen atoms in total. The molecule has 0 saturated heterocycles. The van der Waals surface area contributed by atoms with Gasteiger partial charge in [-0.05, 0) is 26.0 Å². The highest BCUT2D eigenvalue weighted by Crippen LogP contribution is 2.21. The number of hydrogen-bond donors (Lipinski definition) is 1. The molecule has 0 saturated carbocycles. The fourth-order valence-corrected chi connectivity index (χ4v) is 1.31. The van der Waals surface area contributed by atoms with Crippen LogP contribution in [0.4, 0.5) is 0 Å². The lowest BCUT2D eigenvalue weighted by Gasteiger charge is -2.20. The third-order valence-electron chi connectivity index (χ3n) is 2.62. The number of phenolic OH excluding ortho intramolecular Hbond substituents is 1. The van der Waals surface area contributed by atoms with Crippen molar-refractivity contribution in [3.8, 4) is 11.8 Å². The molecule has 0 spiro atoms. The van der Waals surface area contributed by atoms with Crippen molar-refractivity contribution in [3.05, 3.63) is 29.3 Å². The van der Waals surface area contributed by atoms with E-state index in [1.54, 1.807) is 33.0 Å². The number of nitrogens with zero attached hydrogens (tertiary/aromatic N) is 2. The summed E-state index contributed by atoms with van der Waals surface area (Å²) in [7, 11) is 1.57. The Morgan fingerprint density at radius 2 is 2.19 bits per heavy atom. The number of phenols is 1. The quantitative estimate of drug-likeness (QED) is 0.821. The summed E-state index contributed by atoms with van der Waals surface area (Å²) >= 11 is 0. The monoisotopic (exact) mass is 218 g/mol. The molecule has 0 aromatic heterocycles. The normalized spacial score (nSPS) is 11.6. The molecule has 0 fully saturated rings. The van der Waals surface area contributed by atoms with Gasteiger partial charge in [0.2, 0.25) is 0 Å². The van der Waals surface area contributed by atoms with E-state index in [2.05, 4.69) is 0 Å². The van der Waals surface area contributed by atoms with Crippen LogP contribution >= 0.6 is 0 Å². The first kappa shape index (κ1) is 12.1. The third kappa shape index (κ3) is 2.14. The Kier molecular flexibility index (Phi) is 3.51. The molecule has 0 aliphatic carbocycles. The summed E-state index contributed by atoms with van der Waals surface area (Å²) in [6.45, 7) is 3.32. The van der Waals surface area contributed by atoms with Crippen LogP contribution in [0.5, 0.6) is 5.75 Å². The minimum absolute atomic E-state index is 0.0869. The first-order chi connectivity index (χ1) is 7.49. The number of carbonyl (C=O) groups excluding carboxylic acids is 1. The van der Waals surface area contributed by atoms with Crippen molar-refractivity contribution >= 4 is 5.91 Å². The van der Waals surface area contributed by atoms with Gasteiger partial charge in [-0.2, -0.15) is 5.26 Å². The minimum atomic E-state index is -0.491. The van der Waals surface area contributed by atoms with Gasteiger partial charge in [0.05, 0.1) is 6.07 Å². The molecule has 1 unspecified atom stereocenters. The van der Waals surface area contributed by atoms with Crippen molar-refractivity contribution in [1.82, 2.24) is 4.90 Å². The largest absolute Gasteiger partial charge is 0.508 e. The van der Waals surface area contributed by atoms with Gasteiger partial charge in [0, 0.05) is 18.2 Å². The lowest BCUT2D eigenvalue weighted by atomic mass is 10.1. The molecule has 0 radical (unpaired) electrons. The van der Waals surface area contributed by atoms with Crippen molar-refractivity contribution in [1.29, 1.82) is 5.26 Å². The van der Waals surface area contributed by atoms with Crippen LogP contribution in [-0.2, 0) is 0 Å². The van der Waals surface area contributed by atoms with E-state index in [9.17, 15) is 9.90 Å². The van der Waals surface area contributed by atoms with E-state index < -0.39 is 6.04 Å². The molecule has 1 aromatic rings. The van der Waals surface area contributed by atoms with E-state index in [0.717, 1.165) is 0 Å². The van der Waals surface area contributed by atoms with Crippen molar-refractivity contribution in [2.24, 2.45) is 0 Å². The Labute approximate surface area is 94.7 Å². The second-order valence-electron chi connectivity index (χ2n) is 3.67. The predicted octanol–water partition coefficient (Wildman–Crippen LogP) is 1.68. The molecule has 1 amide bonds. The molecule has 84 valence electrons. The zero-order valence-corrected chi connectivity index (χ0v) is 9.56. The molecular weight excluding hydrogens is 204 g/mol. The van der Waals surface area contributed by atoms with E-state index in [4.69, 9.17) is 5.26 Å². The Bertz CT molecular complexity index is 449. The van der Waals surface area contributed by atoms with Crippen molar-refractivity contribution in [2.45, 2.75) is 19.9 Å². The number of nitriles is 1. The second kappa shape index (κ2) is 4.67. The molecule has 16 heavy (non-hydrogen) atoms. The summed E-state index contributed by atoms with van der Waals surface area (Å²) in [6.07, 6.45) is 0. The van der Waals surface area contributed by atoms with Crippen molar-refractivity contribution in [2.75, 3.05) is 7.05 Å². The van der Waals surface area contributed by atoms with Gasteiger partial charge >= 0.3 is 0 Å². The topological polar surface area (TPSA) is 64.3 Å². The van der Waals surface area contributed by atoms with Gasteiger partial charge in [0.25, 0.3) is 5.91 Å². The molecule has 0 bridgehead atoms. The van der Waals surface area contributed by atoms with E-state index >= 15 is 0 Å².